The number of likely N-dealkylation sites (tertiary alicyclic amines) is 2. The van der Waals surface area contributed by atoms with Gasteiger partial charge in [0.2, 0.25) is 0 Å². The van der Waals surface area contributed by atoms with Crippen LogP contribution >= 0.6 is 0 Å². The van der Waals surface area contributed by atoms with E-state index in [1.54, 1.807) is 0 Å². The van der Waals surface area contributed by atoms with Crippen molar-refractivity contribution in [2.75, 3.05) is 39.3 Å². The smallest absolute Gasteiger partial charge is 0.0235 e. The molecule has 0 bridgehead atoms. The van der Waals surface area contributed by atoms with Gasteiger partial charge in [0.05, 0.1) is 0 Å². The van der Waals surface area contributed by atoms with Crippen LogP contribution < -0.4 is 5.73 Å². The first-order valence-electron chi connectivity index (χ1n) is 9.27. The fourth-order valence-electron chi connectivity index (χ4n) is 5.22. The molecule has 0 spiro atoms. The van der Waals surface area contributed by atoms with Gasteiger partial charge in [0.1, 0.15) is 0 Å². The summed E-state index contributed by atoms with van der Waals surface area (Å²) in [6, 6.07) is 3.07. The second-order valence-corrected chi connectivity index (χ2v) is 7.82. The van der Waals surface area contributed by atoms with E-state index >= 15 is 0 Å². The van der Waals surface area contributed by atoms with E-state index in [9.17, 15) is 0 Å². The quantitative estimate of drug-likeness (QED) is 0.827. The fourth-order valence-corrected chi connectivity index (χ4v) is 5.22. The van der Waals surface area contributed by atoms with Crippen molar-refractivity contribution in [3.8, 4) is 0 Å². The van der Waals surface area contributed by atoms with Crippen LogP contribution in [0.25, 0.3) is 0 Å². The molecule has 0 aromatic heterocycles. The van der Waals surface area contributed by atoms with Crippen LogP contribution in [0.3, 0.4) is 0 Å². The maximum atomic E-state index is 6.05. The number of nitrogens with zero attached hydrogens (tertiary/aromatic N) is 3. The highest BCUT2D eigenvalue weighted by Crippen LogP contribution is 2.31. The molecule has 0 aliphatic carbocycles. The summed E-state index contributed by atoms with van der Waals surface area (Å²) in [6.07, 6.45) is 9.55. The van der Waals surface area contributed by atoms with Crippen molar-refractivity contribution in [3.63, 3.8) is 0 Å². The zero-order valence-electron chi connectivity index (χ0n) is 13.4. The summed E-state index contributed by atoms with van der Waals surface area (Å²) in [5.41, 5.74) is 6.05. The number of fused-ring (bicyclic) bond motifs is 1. The Labute approximate surface area is 129 Å². The highest BCUT2D eigenvalue weighted by atomic mass is 15.3. The van der Waals surface area contributed by atoms with Gasteiger partial charge in [0, 0.05) is 37.3 Å². The SMILES string of the molecule is NC1CCN(C2CCN(C3CCN4CCCC4C3)C2)CC1. The minimum Gasteiger partial charge on any atom is -0.328 e. The molecule has 4 heterocycles. The van der Waals surface area contributed by atoms with E-state index in [-0.39, 0.29) is 0 Å². The lowest BCUT2D eigenvalue weighted by Gasteiger charge is -2.40. The second kappa shape index (κ2) is 6.15. The van der Waals surface area contributed by atoms with E-state index in [2.05, 4.69) is 14.7 Å². The Morgan fingerprint density at radius 1 is 0.619 bits per heavy atom. The normalized spacial score (nSPS) is 40.7. The van der Waals surface area contributed by atoms with Gasteiger partial charge in [-0.15, -0.1) is 0 Å². The van der Waals surface area contributed by atoms with E-state index in [1.807, 2.05) is 0 Å². The molecule has 21 heavy (non-hydrogen) atoms. The van der Waals surface area contributed by atoms with Gasteiger partial charge in [-0.1, -0.05) is 0 Å². The third-order valence-corrected chi connectivity index (χ3v) is 6.59. The molecule has 0 saturated carbocycles. The van der Waals surface area contributed by atoms with Crippen molar-refractivity contribution in [3.05, 3.63) is 0 Å². The molecular formula is C17H32N4. The standard InChI is InChI=1S/C17H32N4/c18-14-3-8-20(9-4-14)17-6-11-21(13-17)16-5-10-19-7-1-2-15(19)12-16/h14-17H,1-13,18H2. The molecule has 3 atom stereocenters. The van der Waals surface area contributed by atoms with E-state index in [0.29, 0.717) is 6.04 Å². The predicted octanol–water partition coefficient (Wildman–Crippen LogP) is 1.11. The molecule has 4 saturated heterocycles. The Morgan fingerprint density at radius 3 is 2.10 bits per heavy atom. The summed E-state index contributed by atoms with van der Waals surface area (Å²) < 4.78 is 0. The predicted molar refractivity (Wildman–Crippen MR) is 86.4 cm³/mol. The second-order valence-electron chi connectivity index (χ2n) is 7.82. The first kappa shape index (κ1) is 14.4. The van der Waals surface area contributed by atoms with E-state index in [1.165, 1.54) is 84.2 Å². The molecule has 120 valence electrons. The third kappa shape index (κ3) is 3.00. The molecule has 4 fully saturated rings. The monoisotopic (exact) mass is 292 g/mol. The van der Waals surface area contributed by atoms with Crippen molar-refractivity contribution in [1.29, 1.82) is 0 Å². The summed E-state index contributed by atoms with van der Waals surface area (Å²) in [4.78, 5) is 8.30. The Hall–Kier alpha value is -0.160. The van der Waals surface area contributed by atoms with Crippen LogP contribution in [0, 0.1) is 0 Å². The van der Waals surface area contributed by atoms with Crippen LogP contribution in [-0.2, 0) is 0 Å². The lowest BCUT2D eigenvalue weighted by atomic mass is 9.96. The topological polar surface area (TPSA) is 35.7 Å². The molecule has 3 unspecified atom stereocenters. The van der Waals surface area contributed by atoms with Crippen LogP contribution in [0.5, 0.6) is 0 Å². The average Bonchev–Trinajstić information content (AvgIpc) is 3.16. The van der Waals surface area contributed by atoms with E-state index in [0.717, 1.165) is 18.1 Å². The molecule has 4 aliphatic heterocycles. The molecule has 4 aliphatic rings. The summed E-state index contributed by atoms with van der Waals surface area (Å²) in [5.74, 6) is 0. The van der Waals surface area contributed by atoms with Gasteiger partial charge < -0.3 is 10.6 Å². The van der Waals surface area contributed by atoms with Gasteiger partial charge >= 0.3 is 0 Å². The highest BCUT2D eigenvalue weighted by molar-refractivity contribution is 4.94. The van der Waals surface area contributed by atoms with Gasteiger partial charge in [-0.2, -0.15) is 0 Å². The molecule has 4 heteroatoms. The van der Waals surface area contributed by atoms with Gasteiger partial charge in [-0.25, -0.2) is 0 Å². The Balaban J connectivity index is 1.30. The molecule has 0 aromatic rings. The number of hydrogen-bond donors (Lipinski definition) is 1. The minimum atomic E-state index is 0.463. The van der Waals surface area contributed by atoms with Gasteiger partial charge in [0.25, 0.3) is 0 Å². The summed E-state index contributed by atoms with van der Waals surface area (Å²) in [5, 5.41) is 0. The van der Waals surface area contributed by atoms with Crippen molar-refractivity contribution < 1.29 is 0 Å². The van der Waals surface area contributed by atoms with Crippen LogP contribution in [-0.4, -0.2) is 78.1 Å². The van der Waals surface area contributed by atoms with Crippen LogP contribution in [0.4, 0.5) is 0 Å². The maximum Gasteiger partial charge on any atom is 0.0235 e. The first-order chi connectivity index (χ1) is 10.3. The lowest BCUT2D eigenvalue weighted by molar-refractivity contribution is 0.0915. The lowest BCUT2D eigenvalue weighted by Crippen LogP contribution is -2.49. The molecule has 0 radical (unpaired) electrons. The van der Waals surface area contributed by atoms with E-state index < -0.39 is 0 Å². The van der Waals surface area contributed by atoms with Crippen LogP contribution in [0.15, 0.2) is 0 Å². The molecule has 4 nitrogen and oxygen atoms in total. The number of hydrogen-bond acceptors (Lipinski definition) is 4. The summed E-state index contributed by atoms with van der Waals surface area (Å²) in [7, 11) is 0. The van der Waals surface area contributed by atoms with Crippen molar-refractivity contribution >= 4 is 0 Å². The molecule has 2 N–H and O–H groups in total. The summed E-state index contributed by atoms with van der Waals surface area (Å²) >= 11 is 0. The van der Waals surface area contributed by atoms with Gasteiger partial charge in [-0.3, -0.25) is 9.80 Å². The number of rotatable bonds is 2. The van der Waals surface area contributed by atoms with Crippen LogP contribution in [0.2, 0.25) is 0 Å². The van der Waals surface area contributed by atoms with Crippen molar-refractivity contribution in [2.24, 2.45) is 5.73 Å². The number of nitrogens with two attached hydrogens (primary N) is 1. The Morgan fingerprint density at radius 2 is 1.24 bits per heavy atom. The fraction of sp³-hybridized carbons (Fsp3) is 1.00. The number of piperidine rings is 2. The zero-order chi connectivity index (χ0) is 14.2. The Kier molecular flexibility index (Phi) is 4.23. The molecule has 0 aromatic carbocycles. The Bertz CT molecular complexity index is 353. The van der Waals surface area contributed by atoms with Crippen LogP contribution in [0.1, 0.15) is 44.9 Å². The minimum absolute atomic E-state index is 0.463. The molecule has 4 rings (SSSR count). The average molecular weight is 292 g/mol. The van der Waals surface area contributed by atoms with Gasteiger partial charge in [0.15, 0.2) is 0 Å². The highest BCUT2D eigenvalue weighted by Gasteiger charge is 2.38. The van der Waals surface area contributed by atoms with Crippen molar-refractivity contribution in [1.82, 2.24) is 14.7 Å². The first-order valence-corrected chi connectivity index (χ1v) is 9.27. The zero-order valence-corrected chi connectivity index (χ0v) is 13.4. The van der Waals surface area contributed by atoms with Crippen molar-refractivity contribution in [2.45, 2.75) is 69.1 Å². The van der Waals surface area contributed by atoms with E-state index in [4.69, 9.17) is 5.73 Å². The largest absolute Gasteiger partial charge is 0.328 e. The van der Waals surface area contributed by atoms with Gasteiger partial charge in [-0.05, 0) is 71.1 Å². The third-order valence-electron chi connectivity index (χ3n) is 6.59. The molecule has 0 amide bonds. The maximum absolute atomic E-state index is 6.05. The molecular weight excluding hydrogens is 260 g/mol. The summed E-state index contributed by atoms with van der Waals surface area (Å²) in [6.45, 7) is 7.86.